The second-order valence-electron chi connectivity index (χ2n) is 5.36. The van der Waals surface area contributed by atoms with Crippen LogP contribution in [0.25, 0.3) is 10.9 Å². The summed E-state index contributed by atoms with van der Waals surface area (Å²) in [5, 5.41) is 0.377. The Labute approximate surface area is 138 Å². The Morgan fingerprint density at radius 2 is 2.17 bits per heavy atom. The van der Waals surface area contributed by atoms with Crippen LogP contribution in [0.1, 0.15) is 20.3 Å². The van der Waals surface area contributed by atoms with E-state index in [0.717, 1.165) is 0 Å². The number of aromatic amines is 1. The minimum absolute atomic E-state index is 0.0275. The molecule has 3 rings (SSSR count). The normalized spacial score (nSPS) is 16.2. The van der Waals surface area contributed by atoms with Crippen LogP contribution in [0.4, 0.5) is 0 Å². The first-order chi connectivity index (χ1) is 11.6. The van der Waals surface area contributed by atoms with Crippen LogP contribution in [-0.4, -0.2) is 36.9 Å². The third kappa shape index (κ3) is 3.21. The van der Waals surface area contributed by atoms with Gasteiger partial charge in [-0.2, -0.15) is 0 Å². The van der Waals surface area contributed by atoms with E-state index >= 15 is 0 Å². The van der Waals surface area contributed by atoms with Gasteiger partial charge >= 0.3 is 5.97 Å². The van der Waals surface area contributed by atoms with Crippen LogP contribution in [0.2, 0.25) is 0 Å². The predicted molar refractivity (Wildman–Crippen MR) is 86.9 cm³/mol. The van der Waals surface area contributed by atoms with Crippen LogP contribution in [0.15, 0.2) is 23.1 Å². The van der Waals surface area contributed by atoms with Gasteiger partial charge in [-0.05, 0) is 13.0 Å². The highest BCUT2D eigenvalue weighted by Crippen LogP contribution is 2.34. The van der Waals surface area contributed by atoms with Crippen LogP contribution in [0, 0.1) is 0 Å². The number of hydrogen-bond acceptors (Lipinski definition) is 6. The fraction of sp³-hybridized carbons (Fsp3) is 0.412. The maximum absolute atomic E-state index is 12.5. The molecule has 0 amide bonds. The lowest BCUT2D eigenvalue weighted by atomic mass is 10.1. The number of carbonyl (C=O) groups excluding carboxylic acids is 1. The van der Waals surface area contributed by atoms with Crippen LogP contribution in [0.3, 0.4) is 0 Å². The zero-order valence-electron chi connectivity index (χ0n) is 13.6. The average Bonchev–Trinajstić information content (AvgIpc) is 2.60. The summed E-state index contributed by atoms with van der Waals surface area (Å²) in [5.41, 5.74) is 0.212. The van der Waals surface area contributed by atoms with Crippen LogP contribution in [-0.2, 0) is 9.53 Å². The lowest BCUT2D eigenvalue weighted by molar-refractivity contribution is -0.134. The quantitative estimate of drug-likeness (QED) is 0.843. The lowest BCUT2D eigenvalue weighted by Crippen LogP contribution is -2.33. The second-order valence-corrected chi connectivity index (χ2v) is 5.36. The molecule has 2 heterocycles. The van der Waals surface area contributed by atoms with E-state index in [2.05, 4.69) is 4.98 Å². The molecular formula is C17H19NO6. The molecule has 1 atom stereocenters. The van der Waals surface area contributed by atoms with Gasteiger partial charge in [0, 0.05) is 25.3 Å². The number of pyridine rings is 1. The van der Waals surface area contributed by atoms with Gasteiger partial charge in [0.15, 0.2) is 23.4 Å². The summed E-state index contributed by atoms with van der Waals surface area (Å²) in [6.45, 7) is 4.98. The van der Waals surface area contributed by atoms with Crippen molar-refractivity contribution in [1.29, 1.82) is 0 Å². The summed E-state index contributed by atoms with van der Waals surface area (Å²) in [6, 6.07) is 3.30. The van der Waals surface area contributed by atoms with Crippen LogP contribution >= 0.6 is 0 Å². The van der Waals surface area contributed by atoms with Gasteiger partial charge in [-0.1, -0.05) is 6.92 Å². The van der Waals surface area contributed by atoms with Crippen LogP contribution < -0.4 is 19.6 Å². The number of nitrogens with one attached hydrogen (secondary N) is 1. The molecule has 0 aliphatic carbocycles. The fourth-order valence-electron chi connectivity index (χ4n) is 2.41. The fourth-order valence-corrected chi connectivity index (χ4v) is 2.41. The molecule has 2 aromatic rings. The largest absolute Gasteiger partial charge is 0.486 e. The highest BCUT2D eigenvalue weighted by atomic mass is 16.6. The van der Waals surface area contributed by atoms with Crippen molar-refractivity contribution in [2.75, 3.05) is 19.8 Å². The maximum atomic E-state index is 12.5. The summed E-state index contributed by atoms with van der Waals surface area (Å²) in [4.78, 5) is 26.8. The van der Waals surface area contributed by atoms with Crippen molar-refractivity contribution in [2.24, 2.45) is 0 Å². The molecule has 1 aromatic heterocycles. The Morgan fingerprint density at radius 1 is 1.33 bits per heavy atom. The molecule has 0 spiro atoms. The van der Waals surface area contributed by atoms with Gasteiger partial charge in [-0.15, -0.1) is 0 Å². The second kappa shape index (κ2) is 6.92. The Morgan fingerprint density at radius 3 is 2.92 bits per heavy atom. The summed E-state index contributed by atoms with van der Waals surface area (Å²) in [7, 11) is 0. The van der Waals surface area contributed by atoms with Crippen molar-refractivity contribution in [3.05, 3.63) is 28.6 Å². The Kier molecular flexibility index (Phi) is 4.71. The van der Waals surface area contributed by atoms with Crippen molar-refractivity contribution in [1.82, 2.24) is 4.98 Å². The van der Waals surface area contributed by atoms with E-state index in [4.69, 9.17) is 18.9 Å². The van der Waals surface area contributed by atoms with Crippen molar-refractivity contribution in [3.8, 4) is 17.2 Å². The first kappa shape index (κ1) is 16.3. The van der Waals surface area contributed by atoms with E-state index < -0.39 is 5.97 Å². The van der Waals surface area contributed by atoms with E-state index in [0.29, 0.717) is 42.2 Å². The van der Waals surface area contributed by atoms with E-state index in [1.807, 2.05) is 6.92 Å². The molecule has 1 unspecified atom stereocenters. The van der Waals surface area contributed by atoms with Crippen molar-refractivity contribution in [3.63, 3.8) is 0 Å². The van der Waals surface area contributed by atoms with Crippen molar-refractivity contribution >= 4 is 16.9 Å². The summed E-state index contributed by atoms with van der Waals surface area (Å²) < 4.78 is 21.9. The molecule has 1 N–H and O–H groups in total. The first-order valence-corrected chi connectivity index (χ1v) is 7.89. The van der Waals surface area contributed by atoms with Gasteiger partial charge in [0.2, 0.25) is 5.43 Å². The first-order valence-electron chi connectivity index (χ1n) is 7.89. The number of carbonyl (C=O) groups is 1. The lowest BCUT2D eigenvalue weighted by Gasteiger charge is -2.26. The molecule has 24 heavy (non-hydrogen) atoms. The highest BCUT2D eigenvalue weighted by Gasteiger charge is 2.23. The zero-order chi connectivity index (χ0) is 17.1. The molecule has 0 radical (unpaired) electrons. The van der Waals surface area contributed by atoms with Crippen molar-refractivity contribution < 1.29 is 23.7 Å². The number of benzene rings is 1. The summed E-state index contributed by atoms with van der Waals surface area (Å²) in [5.74, 6) is 0.545. The number of fused-ring (bicyclic) bond motifs is 2. The van der Waals surface area contributed by atoms with E-state index in [-0.39, 0.29) is 23.7 Å². The average molecular weight is 333 g/mol. The molecule has 7 nitrogen and oxygen atoms in total. The molecular weight excluding hydrogens is 314 g/mol. The summed E-state index contributed by atoms with van der Waals surface area (Å²) in [6.07, 6.45) is 1.39. The molecule has 0 saturated heterocycles. The third-order valence-electron chi connectivity index (χ3n) is 3.65. The minimum atomic E-state index is -0.462. The Bertz CT molecular complexity index is 813. The number of ether oxygens (including phenoxy) is 4. The van der Waals surface area contributed by atoms with Gasteiger partial charge in [0.1, 0.15) is 6.61 Å². The van der Waals surface area contributed by atoms with Crippen LogP contribution in [0.5, 0.6) is 17.2 Å². The number of rotatable bonds is 5. The standard InChI is InChI=1S/C17H19NO6/c1-3-16(19)24-15-7-18-12-6-14-13(5-11(12)17(15)20)22-9-10(23-14)8-21-4-2/h5-7,10H,3-4,8-9H2,1-2H3,(H,18,20). The van der Waals surface area contributed by atoms with Gasteiger partial charge in [0.25, 0.3) is 0 Å². The van der Waals surface area contributed by atoms with E-state index in [1.54, 1.807) is 19.1 Å². The molecule has 1 aromatic carbocycles. The number of hydrogen-bond donors (Lipinski definition) is 1. The number of H-pyrrole nitrogens is 1. The number of aromatic nitrogens is 1. The minimum Gasteiger partial charge on any atom is -0.486 e. The van der Waals surface area contributed by atoms with Gasteiger partial charge in [-0.25, -0.2) is 0 Å². The number of esters is 1. The molecule has 7 heteroatoms. The molecule has 128 valence electrons. The topological polar surface area (TPSA) is 86.9 Å². The van der Waals surface area contributed by atoms with E-state index in [1.165, 1.54) is 6.20 Å². The zero-order valence-corrected chi connectivity index (χ0v) is 13.6. The molecule has 0 bridgehead atoms. The third-order valence-corrected chi connectivity index (χ3v) is 3.65. The SMILES string of the molecule is CCOCC1COc2cc3c(=O)c(OC(=O)CC)c[nH]c3cc2O1. The Hall–Kier alpha value is -2.54. The predicted octanol–water partition coefficient (Wildman–Crippen LogP) is 2.02. The molecule has 1 aliphatic rings. The summed E-state index contributed by atoms with van der Waals surface area (Å²) >= 11 is 0. The van der Waals surface area contributed by atoms with Gasteiger partial charge in [0.05, 0.1) is 17.5 Å². The Balaban J connectivity index is 1.93. The van der Waals surface area contributed by atoms with Gasteiger partial charge < -0.3 is 23.9 Å². The smallest absolute Gasteiger partial charge is 0.311 e. The van der Waals surface area contributed by atoms with Crippen molar-refractivity contribution in [2.45, 2.75) is 26.4 Å². The highest BCUT2D eigenvalue weighted by molar-refractivity contribution is 5.84. The molecule has 1 aliphatic heterocycles. The van der Waals surface area contributed by atoms with E-state index in [9.17, 15) is 9.59 Å². The maximum Gasteiger partial charge on any atom is 0.311 e. The molecule has 0 saturated carbocycles. The molecule has 0 fully saturated rings. The van der Waals surface area contributed by atoms with Gasteiger partial charge in [-0.3, -0.25) is 9.59 Å². The monoisotopic (exact) mass is 333 g/mol.